The van der Waals surface area contributed by atoms with Crippen molar-refractivity contribution < 1.29 is 13.9 Å². The summed E-state index contributed by atoms with van der Waals surface area (Å²) in [6, 6.07) is 21.8. The lowest BCUT2D eigenvalue weighted by Gasteiger charge is -2.22. The first-order chi connectivity index (χ1) is 15.2. The van der Waals surface area contributed by atoms with Gasteiger partial charge in [-0.15, -0.1) is 0 Å². The van der Waals surface area contributed by atoms with E-state index in [1.54, 1.807) is 12.1 Å². The number of hydrogen-bond donors (Lipinski definition) is 1. The van der Waals surface area contributed by atoms with Crippen molar-refractivity contribution in [1.29, 1.82) is 0 Å². The van der Waals surface area contributed by atoms with E-state index in [-0.39, 0.29) is 5.95 Å². The number of hydrogen-bond acceptors (Lipinski definition) is 5. The highest BCUT2D eigenvalue weighted by molar-refractivity contribution is 5.97. The van der Waals surface area contributed by atoms with Crippen molar-refractivity contribution in [3.05, 3.63) is 84.3 Å². The number of pyridine rings is 1. The lowest BCUT2D eigenvalue weighted by molar-refractivity contribution is 0.202. The van der Waals surface area contributed by atoms with Crippen molar-refractivity contribution in [3.8, 4) is 5.95 Å². The van der Waals surface area contributed by atoms with Gasteiger partial charge < -0.3 is 14.1 Å². The molecule has 1 unspecified atom stereocenters. The molecule has 1 saturated heterocycles. The standard InChI is InChI=1S/C25H23N3O3/c1-17-14-23(28-12-11-19(16-28)18-6-3-2-4-7-18)21-15-20(9-10-22(21)26-17)27-25(29)31-24-8-5-13-30-24/h2-10,13-15,19H,11-12,16H2,1H3,(H,27,29). The van der Waals surface area contributed by atoms with Crippen LogP contribution in [0.1, 0.15) is 23.6 Å². The van der Waals surface area contributed by atoms with Crippen molar-refractivity contribution in [1.82, 2.24) is 4.98 Å². The van der Waals surface area contributed by atoms with E-state index in [0.29, 0.717) is 11.6 Å². The predicted molar refractivity (Wildman–Crippen MR) is 121 cm³/mol. The second kappa shape index (κ2) is 8.14. The molecule has 2 aromatic carbocycles. The summed E-state index contributed by atoms with van der Waals surface area (Å²) in [6.45, 7) is 3.96. The molecule has 1 fully saturated rings. The van der Waals surface area contributed by atoms with E-state index in [2.05, 4.69) is 51.6 Å². The molecule has 4 aromatic rings. The molecule has 156 valence electrons. The second-order valence-corrected chi connectivity index (χ2v) is 7.80. The molecule has 0 saturated carbocycles. The Labute approximate surface area is 180 Å². The smallest absolute Gasteiger partial charge is 0.419 e. The summed E-state index contributed by atoms with van der Waals surface area (Å²) in [5.74, 6) is 0.662. The van der Waals surface area contributed by atoms with Crippen LogP contribution in [0.5, 0.6) is 5.95 Å². The Morgan fingerprint density at radius 3 is 2.81 bits per heavy atom. The number of ether oxygens (including phenoxy) is 1. The van der Waals surface area contributed by atoms with Crippen molar-refractivity contribution in [2.75, 3.05) is 23.3 Å². The van der Waals surface area contributed by atoms with Gasteiger partial charge in [-0.2, -0.15) is 0 Å². The zero-order valence-corrected chi connectivity index (χ0v) is 17.2. The highest BCUT2D eigenvalue weighted by Gasteiger charge is 2.25. The van der Waals surface area contributed by atoms with Gasteiger partial charge in [-0.05, 0) is 49.2 Å². The van der Waals surface area contributed by atoms with E-state index >= 15 is 0 Å². The van der Waals surface area contributed by atoms with Crippen molar-refractivity contribution in [2.45, 2.75) is 19.3 Å². The third kappa shape index (κ3) is 4.10. The molecule has 3 heterocycles. The maximum atomic E-state index is 12.2. The van der Waals surface area contributed by atoms with Gasteiger partial charge in [0.15, 0.2) is 0 Å². The average Bonchev–Trinajstić information content (AvgIpc) is 3.46. The van der Waals surface area contributed by atoms with Crippen LogP contribution in [0.4, 0.5) is 16.2 Å². The van der Waals surface area contributed by atoms with E-state index in [1.165, 1.54) is 11.8 Å². The van der Waals surface area contributed by atoms with Crippen LogP contribution >= 0.6 is 0 Å². The first kappa shape index (κ1) is 19.2. The fraction of sp³-hybridized carbons (Fsp3) is 0.200. The number of carbonyl (C=O) groups is 1. The molecule has 6 nitrogen and oxygen atoms in total. The lowest BCUT2D eigenvalue weighted by Crippen LogP contribution is -2.20. The molecule has 1 aliphatic heterocycles. The summed E-state index contributed by atoms with van der Waals surface area (Å²) in [5, 5.41) is 3.78. The molecule has 2 aromatic heterocycles. The van der Waals surface area contributed by atoms with Crippen molar-refractivity contribution >= 4 is 28.4 Å². The highest BCUT2D eigenvalue weighted by atomic mass is 16.6. The molecule has 1 amide bonds. The van der Waals surface area contributed by atoms with Gasteiger partial charge in [0, 0.05) is 47.5 Å². The van der Waals surface area contributed by atoms with Gasteiger partial charge in [-0.1, -0.05) is 30.3 Å². The number of amides is 1. The summed E-state index contributed by atoms with van der Waals surface area (Å²) in [5.41, 5.74) is 5.05. The number of benzene rings is 2. The molecule has 0 bridgehead atoms. The quantitative estimate of drug-likeness (QED) is 0.462. The summed E-state index contributed by atoms with van der Waals surface area (Å²) in [7, 11) is 0. The predicted octanol–water partition coefficient (Wildman–Crippen LogP) is 5.74. The highest BCUT2D eigenvalue weighted by Crippen LogP contribution is 2.35. The molecule has 6 heteroatoms. The van der Waals surface area contributed by atoms with E-state index < -0.39 is 6.09 Å². The van der Waals surface area contributed by atoms with Gasteiger partial charge in [-0.3, -0.25) is 10.3 Å². The van der Waals surface area contributed by atoms with Crippen molar-refractivity contribution in [3.63, 3.8) is 0 Å². The minimum absolute atomic E-state index is 0.153. The van der Waals surface area contributed by atoms with E-state index in [9.17, 15) is 4.79 Å². The maximum absolute atomic E-state index is 12.2. The maximum Gasteiger partial charge on any atom is 0.419 e. The number of carbonyl (C=O) groups excluding carboxylic acids is 1. The lowest BCUT2D eigenvalue weighted by atomic mass is 9.99. The minimum Gasteiger partial charge on any atom is -0.434 e. The first-order valence-electron chi connectivity index (χ1n) is 10.4. The third-order valence-corrected chi connectivity index (χ3v) is 5.65. The number of nitrogens with zero attached hydrogens (tertiary/aromatic N) is 2. The fourth-order valence-electron chi connectivity index (χ4n) is 4.21. The third-order valence-electron chi connectivity index (χ3n) is 5.65. The molecule has 31 heavy (non-hydrogen) atoms. The largest absolute Gasteiger partial charge is 0.434 e. The summed E-state index contributed by atoms with van der Waals surface area (Å²) in [4.78, 5) is 19.3. The Kier molecular flexibility index (Phi) is 5.04. The van der Waals surface area contributed by atoms with Gasteiger partial charge in [0.05, 0.1) is 11.8 Å². The normalized spacial score (nSPS) is 15.9. The zero-order chi connectivity index (χ0) is 21.2. The van der Waals surface area contributed by atoms with Crippen molar-refractivity contribution in [2.24, 2.45) is 0 Å². The van der Waals surface area contributed by atoms with Crippen LogP contribution in [0, 0.1) is 6.92 Å². The van der Waals surface area contributed by atoms with E-state index in [0.717, 1.165) is 41.8 Å². The topological polar surface area (TPSA) is 67.6 Å². The minimum atomic E-state index is -0.596. The molecule has 1 N–H and O–H groups in total. The first-order valence-corrected chi connectivity index (χ1v) is 10.4. The van der Waals surface area contributed by atoms with Gasteiger partial charge in [0.1, 0.15) is 0 Å². The number of anilines is 2. The number of rotatable bonds is 4. The number of aryl methyl sites for hydroxylation is 1. The average molecular weight is 413 g/mol. The summed E-state index contributed by atoms with van der Waals surface area (Å²) < 4.78 is 10.2. The molecule has 0 spiro atoms. The van der Waals surface area contributed by atoms with Gasteiger partial charge in [0.25, 0.3) is 5.95 Å². The Bertz CT molecular complexity index is 1210. The SMILES string of the molecule is Cc1cc(N2CCC(c3ccccc3)C2)c2cc(NC(=O)Oc3ccco3)ccc2n1. The van der Waals surface area contributed by atoms with Crippen LogP contribution in [0.25, 0.3) is 10.9 Å². The molecular formula is C25H23N3O3. The fourth-order valence-corrected chi connectivity index (χ4v) is 4.21. The Hall–Kier alpha value is -3.80. The summed E-state index contributed by atoms with van der Waals surface area (Å²) >= 11 is 0. The monoisotopic (exact) mass is 413 g/mol. The van der Waals surface area contributed by atoms with E-state index in [1.807, 2.05) is 25.1 Å². The zero-order valence-electron chi connectivity index (χ0n) is 17.2. The van der Waals surface area contributed by atoms with Crippen LogP contribution in [0.3, 0.4) is 0 Å². The molecule has 5 rings (SSSR count). The van der Waals surface area contributed by atoms with Crippen LogP contribution in [-0.2, 0) is 0 Å². The van der Waals surface area contributed by atoms with Gasteiger partial charge >= 0.3 is 6.09 Å². The Morgan fingerprint density at radius 2 is 2.00 bits per heavy atom. The number of aromatic nitrogens is 1. The number of fused-ring (bicyclic) bond motifs is 1. The molecule has 1 atom stereocenters. The summed E-state index contributed by atoms with van der Waals surface area (Å²) in [6.07, 6.45) is 1.97. The molecule has 1 aliphatic rings. The van der Waals surface area contributed by atoms with Crippen LogP contribution in [0.2, 0.25) is 0 Å². The Balaban J connectivity index is 1.41. The number of furan rings is 1. The molecule has 0 radical (unpaired) electrons. The van der Waals surface area contributed by atoms with Gasteiger partial charge in [-0.25, -0.2) is 4.79 Å². The molecule has 0 aliphatic carbocycles. The van der Waals surface area contributed by atoms with Gasteiger partial charge in [0.2, 0.25) is 0 Å². The molecular weight excluding hydrogens is 390 g/mol. The second-order valence-electron chi connectivity index (χ2n) is 7.80. The van der Waals surface area contributed by atoms with Crippen LogP contribution < -0.4 is 15.0 Å². The van der Waals surface area contributed by atoms with Crippen LogP contribution in [0.15, 0.2) is 77.4 Å². The Morgan fingerprint density at radius 1 is 1.13 bits per heavy atom. The van der Waals surface area contributed by atoms with Crippen LogP contribution in [-0.4, -0.2) is 24.2 Å². The van der Waals surface area contributed by atoms with E-state index in [4.69, 9.17) is 9.15 Å². The number of nitrogens with one attached hydrogen (secondary N) is 1.